The number of imidazole rings is 1. The molecule has 6 nitrogen and oxygen atoms in total. The summed E-state index contributed by atoms with van der Waals surface area (Å²) >= 11 is 6.13. The second-order valence-corrected chi connectivity index (χ2v) is 7.99. The Morgan fingerprint density at radius 2 is 2.23 bits per heavy atom. The lowest BCUT2D eigenvalue weighted by atomic mass is 9.93. The minimum absolute atomic E-state index is 0.0467. The summed E-state index contributed by atoms with van der Waals surface area (Å²) in [5.74, 6) is 0.989. The van der Waals surface area contributed by atoms with Crippen LogP contribution in [0.1, 0.15) is 42.5 Å². The van der Waals surface area contributed by atoms with Crippen molar-refractivity contribution in [2.75, 3.05) is 13.1 Å². The molecular weight excluding hydrogens is 350 g/mol. The molecular formula is C19H26ClN5O. The number of amides is 1. The molecule has 7 heteroatoms. The lowest BCUT2D eigenvalue weighted by molar-refractivity contribution is 0.0675. The first-order chi connectivity index (χ1) is 12.5. The summed E-state index contributed by atoms with van der Waals surface area (Å²) in [6.07, 6.45) is 8.94. The Bertz CT molecular complexity index is 805. The highest BCUT2D eigenvalue weighted by Crippen LogP contribution is 2.56. The molecule has 1 aliphatic carbocycles. The van der Waals surface area contributed by atoms with Crippen molar-refractivity contribution in [1.29, 1.82) is 0 Å². The van der Waals surface area contributed by atoms with Crippen molar-refractivity contribution in [1.82, 2.24) is 24.3 Å². The fourth-order valence-corrected chi connectivity index (χ4v) is 4.62. The normalized spacial score (nSPS) is 21.1. The number of nitrogens with zero attached hydrogens (tertiary/aromatic N) is 4. The molecule has 4 rings (SSSR count). The van der Waals surface area contributed by atoms with E-state index in [-0.39, 0.29) is 17.4 Å². The Morgan fingerprint density at radius 1 is 1.46 bits per heavy atom. The van der Waals surface area contributed by atoms with Crippen LogP contribution in [0, 0.1) is 5.41 Å². The monoisotopic (exact) mass is 375 g/mol. The van der Waals surface area contributed by atoms with E-state index in [1.165, 1.54) is 0 Å². The predicted molar refractivity (Wildman–Crippen MR) is 101 cm³/mol. The molecule has 1 saturated heterocycles. The van der Waals surface area contributed by atoms with Crippen molar-refractivity contribution in [2.24, 2.45) is 12.5 Å². The van der Waals surface area contributed by atoms with E-state index in [1.54, 1.807) is 12.3 Å². The van der Waals surface area contributed by atoms with Gasteiger partial charge in [-0.25, -0.2) is 4.98 Å². The van der Waals surface area contributed by atoms with Crippen molar-refractivity contribution < 1.29 is 4.79 Å². The average molecular weight is 376 g/mol. The van der Waals surface area contributed by atoms with Gasteiger partial charge in [0.1, 0.15) is 11.5 Å². The van der Waals surface area contributed by atoms with Crippen molar-refractivity contribution in [3.05, 3.63) is 41.2 Å². The Labute approximate surface area is 159 Å². The largest absolute Gasteiger partial charge is 0.345 e. The number of rotatable bonds is 5. The lowest BCUT2D eigenvalue weighted by Gasteiger charge is -2.29. The van der Waals surface area contributed by atoms with Gasteiger partial charge >= 0.3 is 0 Å². The number of carbonyl (C=O) groups is 1. The SMILES string of the molecule is CCn1ccnc1CN(C(=O)c1cc(Cl)cn1C)C1CC12CCNCC2. The number of piperidine rings is 1. The molecule has 1 aliphatic heterocycles. The van der Waals surface area contributed by atoms with Crippen LogP contribution in [0.5, 0.6) is 0 Å². The third kappa shape index (κ3) is 3.05. The molecule has 3 heterocycles. The third-order valence-electron chi connectivity index (χ3n) is 6.03. The van der Waals surface area contributed by atoms with Gasteiger partial charge in [-0.05, 0) is 50.8 Å². The highest BCUT2D eigenvalue weighted by Gasteiger charge is 2.58. The third-order valence-corrected chi connectivity index (χ3v) is 6.23. The van der Waals surface area contributed by atoms with Crippen LogP contribution in [0.3, 0.4) is 0 Å². The topological polar surface area (TPSA) is 55.1 Å². The maximum atomic E-state index is 13.4. The maximum Gasteiger partial charge on any atom is 0.271 e. The van der Waals surface area contributed by atoms with Gasteiger partial charge in [0, 0.05) is 38.2 Å². The minimum Gasteiger partial charge on any atom is -0.345 e. The quantitative estimate of drug-likeness (QED) is 0.874. The first-order valence-corrected chi connectivity index (χ1v) is 9.75. The molecule has 2 fully saturated rings. The Kier molecular flexibility index (Phi) is 4.57. The number of carbonyl (C=O) groups excluding carboxylic acids is 1. The summed E-state index contributed by atoms with van der Waals surface area (Å²) in [4.78, 5) is 19.9. The molecule has 1 amide bonds. The van der Waals surface area contributed by atoms with Gasteiger partial charge in [0.25, 0.3) is 5.91 Å². The van der Waals surface area contributed by atoms with Gasteiger partial charge < -0.3 is 19.4 Å². The van der Waals surface area contributed by atoms with E-state index in [9.17, 15) is 4.79 Å². The second-order valence-electron chi connectivity index (χ2n) is 7.55. The molecule has 1 saturated carbocycles. The molecule has 2 aliphatic rings. The van der Waals surface area contributed by atoms with Crippen LogP contribution < -0.4 is 5.32 Å². The summed E-state index contributed by atoms with van der Waals surface area (Å²) in [5.41, 5.74) is 0.917. The zero-order chi connectivity index (χ0) is 18.3. The Hall–Kier alpha value is -1.79. The van der Waals surface area contributed by atoms with Crippen LogP contribution in [-0.4, -0.2) is 44.1 Å². The molecule has 1 N–H and O–H groups in total. The summed E-state index contributed by atoms with van der Waals surface area (Å²) in [5, 5.41) is 4.03. The van der Waals surface area contributed by atoms with E-state index in [4.69, 9.17) is 11.6 Å². The second kappa shape index (κ2) is 6.74. The number of halogens is 1. The standard InChI is InChI=1S/C19H26ClN5O/c1-3-24-9-8-22-17(24)13-25(16-11-19(16)4-6-21-7-5-19)18(26)15-10-14(20)12-23(15)2/h8-10,12,16,21H,3-7,11,13H2,1-2H3. The fourth-order valence-electron chi connectivity index (χ4n) is 4.37. The number of aryl methyl sites for hydroxylation is 2. The molecule has 1 unspecified atom stereocenters. The zero-order valence-electron chi connectivity index (χ0n) is 15.4. The van der Waals surface area contributed by atoms with Gasteiger partial charge in [-0.15, -0.1) is 0 Å². The van der Waals surface area contributed by atoms with Crippen LogP contribution in [0.4, 0.5) is 0 Å². The lowest BCUT2D eigenvalue weighted by Crippen LogP contribution is -2.40. The van der Waals surface area contributed by atoms with Crippen molar-refractivity contribution in [3.63, 3.8) is 0 Å². The maximum absolute atomic E-state index is 13.4. The molecule has 1 spiro atoms. The number of hydrogen-bond donors (Lipinski definition) is 1. The van der Waals surface area contributed by atoms with Crippen LogP contribution in [0.15, 0.2) is 24.7 Å². The summed E-state index contributed by atoms with van der Waals surface area (Å²) in [7, 11) is 1.87. The van der Waals surface area contributed by atoms with E-state index in [1.807, 2.05) is 28.9 Å². The fraction of sp³-hybridized carbons (Fsp3) is 0.579. The molecule has 0 bridgehead atoms. The molecule has 140 valence electrons. The summed E-state index contributed by atoms with van der Waals surface area (Å²) in [6, 6.07) is 2.05. The van der Waals surface area contributed by atoms with Crippen LogP contribution in [0.2, 0.25) is 5.02 Å². The van der Waals surface area contributed by atoms with E-state index in [0.29, 0.717) is 17.3 Å². The highest BCUT2D eigenvalue weighted by atomic mass is 35.5. The van der Waals surface area contributed by atoms with Crippen LogP contribution >= 0.6 is 11.6 Å². The Balaban J connectivity index is 1.63. The molecule has 0 aromatic carbocycles. The highest BCUT2D eigenvalue weighted by molar-refractivity contribution is 6.31. The number of nitrogens with one attached hydrogen (secondary N) is 1. The van der Waals surface area contributed by atoms with Gasteiger partial charge in [-0.3, -0.25) is 4.79 Å². The van der Waals surface area contributed by atoms with E-state index in [0.717, 1.165) is 44.7 Å². The van der Waals surface area contributed by atoms with E-state index in [2.05, 4.69) is 21.8 Å². The summed E-state index contributed by atoms with van der Waals surface area (Å²) in [6.45, 7) is 5.57. The predicted octanol–water partition coefficient (Wildman–Crippen LogP) is 2.68. The van der Waals surface area contributed by atoms with Gasteiger partial charge in [-0.1, -0.05) is 11.6 Å². The van der Waals surface area contributed by atoms with Gasteiger partial charge in [0.2, 0.25) is 0 Å². The summed E-state index contributed by atoms with van der Waals surface area (Å²) < 4.78 is 3.93. The molecule has 1 atom stereocenters. The van der Waals surface area contributed by atoms with E-state index >= 15 is 0 Å². The minimum atomic E-state index is 0.0467. The molecule has 26 heavy (non-hydrogen) atoms. The van der Waals surface area contributed by atoms with Crippen molar-refractivity contribution >= 4 is 17.5 Å². The van der Waals surface area contributed by atoms with Gasteiger partial charge in [0.15, 0.2) is 0 Å². The Morgan fingerprint density at radius 3 is 2.88 bits per heavy atom. The van der Waals surface area contributed by atoms with Crippen molar-refractivity contribution in [3.8, 4) is 0 Å². The molecule has 2 aromatic heterocycles. The van der Waals surface area contributed by atoms with Crippen molar-refractivity contribution in [2.45, 2.75) is 45.3 Å². The van der Waals surface area contributed by atoms with Crippen LogP contribution in [0.25, 0.3) is 0 Å². The smallest absolute Gasteiger partial charge is 0.271 e. The van der Waals surface area contributed by atoms with Gasteiger partial charge in [-0.2, -0.15) is 0 Å². The molecule has 2 aromatic rings. The first kappa shape index (κ1) is 17.6. The number of aromatic nitrogens is 3. The van der Waals surface area contributed by atoms with Gasteiger partial charge in [0.05, 0.1) is 11.6 Å². The van der Waals surface area contributed by atoms with E-state index < -0.39 is 0 Å². The average Bonchev–Trinajstić information content (AvgIpc) is 2.97. The molecule has 0 radical (unpaired) electrons. The first-order valence-electron chi connectivity index (χ1n) is 9.37. The van der Waals surface area contributed by atoms with Crippen LogP contribution in [-0.2, 0) is 20.1 Å². The zero-order valence-corrected chi connectivity index (χ0v) is 16.2. The number of hydrogen-bond acceptors (Lipinski definition) is 3.